The van der Waals surface area contributed by atoms with Gasteiger partial charge in [0.2, 0.25) is 0 Å². The van der Waals surface area contributed by atoms with E-state index >= 15 is 0 Å². The van der Waals surface area contributed by atoms with E-state index in [9.17, 15) is 0 Å². The van der Waals surface area contributed by atoms with Gasteiger partial charge in [-0.25, -0.2) is 0 Å². The molecule has 1 unspecified atom stereocenters. The quantitative estimate of drug-likeness (QED) is 0.158. The molecule has 2 aromatic rings. The van der Waals surface area contributed by atoms with Crippen molar-refractivity contribution in [1.82, 2.24) is 0 Å². The number of rotatable bonds is 11. The molecule has 0 N–H and O–H groups in total. The summed E-state index contributed by atoms with van der Waals surface area (Å²) in [5.41, 5.74) is 2.83. The first-order valence-corrected chi connectivity index (χ1v) is 12.6. The van der Waals surface area contributed by atoms with Crippen LogP contribution >= 0.6 is 9.24 Å². The summed E-state index contributed by atoms with van der Waals surface area (Å²) in [6.07, 6.45) is 13.8. The van der Waals surface area contributed by atoms with Crippen molar-refractivity contribution in [3.8, 4) is 0 Å². The van der Waals surface area contributed by atoms with Crippen molar-refractivity contribution in [2.24, 2.45) is 0 Å². The molecule has 0 aromatic heterocycles. The van der Waals surface area contributed by atoms with Gasteiger partial charge in [0, 0.05) is 0 Å². The van der Waals surface area contributed by atoms with E-state index in [1.54, 1.807) is 3.57 Å². The third kappa shape index (κ3) is 9.56. The average Bonchev–Trinajstić information content (AvgIpc) is 2.63. The van der Waals surface area contributed by atoms with Gasteiger partial charge in [-0.05, 0) is 5.30 Å². The molecule has 0 heterocycles. The number of unbranched alkanes of at least 4 members (excludes halogenated alkanes) is 4. The molecule has 136 valence electrons. The predicted molar refractivity (Wildman–Crippen MR) is 111 cm³/mol. The fraction of sp³-hybridized carbons (Fsp3) is 0.391. The van der Waals surface area contributed by atoms with Crippen LogP contribution in [0.5, 0.6) is 0 Å². The molecule has 2 heteroatoms. The van der Waals surface area contributed by atoms with Crippen molar-refractivity contribution in [3.63, 3.8) is 0 Å². The summed E-state index contributed by atoms with van der Waals surface area (Å²) in [4.78, 5) is 0. The van der Waals surface area contributed by atoms with Crippen LogP contribution in [0.2, 0.25) is 0 Å². The number of benzene rings is 2. The van der Waals surface area contributed by atoms with Crippen molar-refractivity contribution in [3.05, 3.63) is 75.4 Å². The van der Waals surface area contributed by atoms with E-state index in [0.29, 0.717) is 0 Å². The molecule has 0 bridgehead atoms. The van der Waals surface area contributed by atoms with Crippen LogP contribution in [0.15, 0.2) is 60.7 Å². The van der Waals surface area contributed by atoms with Crippen molar-refractivity contribution in [2.45, 2.75) is 51.9 Å². The Kier molecular flexibility index (Phi) is 10.5. The molecule has 0 saturated heterocycles. The molecule has 0 aliphatic carbocycles. The summed E-state index contributed by atoms with van der Waals surface area (Å²) < 4.78 is 3.03. The average molecular weight is 465 g/mol. The molecule has 25 heavy (non-hydrogen) atoms. The van der Waals surface area contributed by atoms with Gasteiger partial charge in [-0.2, -0.15) is 0 Å². The number of allylic oxidation sites excluding steroid dienone is 2. The zero-order valence-corrected chi connectivity index (χ0v) is 18.7. The van der Waals surface area contributed by atoms with Crippen LogP contribution in [0.3, 0.4) is 0 Å². The summed E-state index contributed by atoms with van der Waals surface area (Å²) in [5.74, 6) is 0. The number of alkyl halides is 1. The Labute approximate surface area is 167 Å². The Morgan fingerprint density at radius 3 is 2.20 bits per heavy atom. The van der Waals surface area contributed by atoms with Crippen LogP contribution in [0.1, 0.15) is 49.7 Å². The van der Waals surface area contributed by atoms with E-state index in [4.69, 9.17) is 0 Å². The number of hydrogen-bond donors (Lipinski definition) is 0. The molecule has 1 atom stereocenters. The predicted octanol–water partition coefficient (Wildman–Crippen LogP) is 2.89. The van der Waals surface area contributed by atoms with E-state index in [1.165, 1.54) is 65.8 Å². The maximum absolute atomic E-state index is 2.74. The second kappa shape index (κ2) is 12.7. The van der Waals surface area contributed by atoms with Crippen LogP contribution in [0, 0.1) is 10.5 Å². The molecule has 0 amide bonds. The van der Waals surface area contributed by atoms with Gasteiger partial charge in [0.15, 0.2) is 0 Å². The first-order valence-electron chi connectivity index (χ1n) is 9.39. The standard InChI is InChI=1S/C23H31IP/c1-20-11-15-22(16-12-20)24-19-9-7-5-3-2-4-6-8-10-21-13-17-23(25)18-14-21/h2,4,11-18H,3,5-10,19,25H2,1H3/q-1/b4-2-. The topological polar surface area (TPSA) is 0 Å². The van der Waals surface area contributed by atoms with Gasteiger partial charge in [-0.15, -0.1) is 9.24 Å². The van der Waals surface area contributed by atoms with Crippen LogP contribution in [-0.4, -0.2) is 4.43 Å². The molecule has 2 rings (SSSR count). The normalized spacial score (nSPS) is 11.4. The Morgan fingerprint density at radius 2 is 1.48 bits per heavy atom. The molecule has 0 saturated carbocycles. The number of halogens is 1. The second-order valence-electron chi connectivity index (χ2n) is 6.57. The van der Waals surface area contributed by atoms with Gasteiger partial charge in [-0.3, -0.25) is 0 Å². The van der Waals surface area contributed by atoms with Crippen LogP contribution in [0.25, 0.3) is 0 Å². The van der Waals surface area contributed by atoms with E-state index < -0.39 is 0 Å². The van der Waals surface area contributed by atoms with E-state index in [2.05, 4.69) is 76.8 Å². The van der Waals surface area contributed by atoms with Crippen LogP contribution in [0.4, 0.5) is 0 Å². The molecule has 0 nitrogen and oxygen atoms in total. The Morgan fingerprint density at radius 1 is 0.800 bits per heavy atom. The molecule has 0 radical (unpaired) electrons. The minimum absolute atomic E-state index is 0.235. The van der Waals surface area contributed by atoms with E-state index in [1.807, 2.05) is 0 Å². The van der Waals surface area contributed by atoms with Gasteiger partial charge >= 0.3 is 141 Å². The summed E-state index contributed by atoms with van der Waals surface area (Å²) in [6, 6.07) is 18.0. The molecule has 0 aliphatic heterocycles. The summed E-state index contributed by atoms with van der Waals surface area (Å²) in [6.45, 7) is 2.16. The van der Waals surface area contributed by atoms with Crippen molar-refractivity contribution >= 4 is 14.5 Å². The molecule has 0 spiro atoms. The first kappa shape index (κ1) is 20.6. The third-order valence-electron chi connectivity index (χ3n) is 4.25. The fourth-order valence-corrected chi connectivity index (χ4v) is 5.28. The third-order valence-corrected chi connectivity index (χ3v) is 7.53. The zero-order valence-electron chi connectivity index (χ0n) is 15.4. The monoisotopic (exact) mass is 465 g/mol. The van der Waals surface area contributed by atoms with Crippen molar-refractivity contribution < 1.29 is 21.2 Å². The molecule has 2 aromatic carbocycles. The van der Waals surface area contributed by atoms with Crippen molar-refractivity contribution in [1.29, 1.82) is 0 Å². The van der Waals surface area contributed by atoms with Gasteiger partial charge in [0.25, 0.3) is 0 Å². The molecule has 0 aliphatic rings. The summed E-state index contributed by atoms with van der Waals surface area (Å²) in [7, 11) is 2.74. The summed E-state index contributed by atoms with van der Waals surface area (Å²) >= 11 is 0.235. The van der Waals surface area contributed by atoms with Crippen molar-refractivity contribution in [2.75, 3.05) is 4.43 Å². The maximum atomic E-state index is 2.74. The summed E-state index contributed by atoms with van der Waals surface area (Å²) in [5, 5.41) is 1.27. The van der Waals surface area contributed by atoms with E-state index in [0.717, 1.165) is 0 Å². The number of aryl methyl sites for hydroxylation is 2. The molecular weight excluding hydrogens is 434 g/mol. The second-order valence-corrected chi connectivity index (χ2v) is 10.3. The number of hydrogen-bond acceptors (Lipinski definition) is 0. The first-order chi connectivity index (χ1) is 12.2. The van der Waals surface area contributed by atoms with Gasteiger partial charge in [0.05, 0.1) is 0 Å². The van der Waals surface area contributed by atoms with Gasteiger partial charge in [-0.1, -0.05) is 12.1 Å². The van der Waals surface area contributed by atoms with Gasteiger partial charge < -0.3 is 0 Å². The van der Waals surface area contributed by atoms with E-state index in [-0.39, 0.29) is 21.2 Å². The molecular formula is C23H31IP-. The molecule has 0 fully saturated rings. The van der Waals surface area contributed by atoms with Gasteiger partial charge in [0.1, 0.15) is 0 Å². The Hall–Kier alpha value is -0.660. The van der Waals surface area contributed by atoms with Crippen LogP contribution in [-0.2, 0) is 6.42 Å². The van der Waals surface area contributed by atoms with Crippen LogP contribution < -0.4 is 26.5 Å². The minimum atomic E-state index is 0.235. The SMILES string of the molecule is Cc1ccc([I-]CCCCC/C=C\CCCc2ccc(P)cc2)cc1. The Balaban J connectivity index is 1.42. The fourth-order valence-electron chi connectivity index (χ4n) is 2.68. The zero-order chi connectivity index (χ0) is 17.7. The Bertz CT molecular complexity index is 614.